The molecule has 0 aliphatic rings. The zero-order chi connectivity index (χ0) is 27.4. The van der Waals surface area contributed by atoms with E-state index in [0.717, 1.165) is 18.1 Å². The quantitative estimate of drug-likeness (QED) is 0.154. The number of rotatable bonds is 14. The van der Waals surface area contributed by atoms with Gasteiger partial charge in [0.1, 0.15) is 6.61 Å². The molecule has 0 bridgehead atoms. The van der Waals surface area contributed by atoms with Crippen LogP contribution in [0, 0.1) is 0 Å². The van der Waals surface area contributed by atoms with Crippen LogP contribution in [0.1, 0.15) is 48.5 Å². The molecule has 2 aromatic carbocycles. The van der Waals surface area contributed by atoms with Gasteiger partial charge in [0.05, 0.1) is 12.7 Å². The van der Waals surface area contributed by atoms with Crippen molar-refractivity contribution in [2.45, 2.75) is 77.7 Å². The molecular formula is C31H46O4Si2. The van der Waals surface area contributed by atoms with E-state index in [0.29, 0.717) is 6.61 Å². The second kappa shape index (κ2) is 14.6. The van der Waals surface area contributed by atoms with Crippen LogP contribution in [0.2, 0.25) is 23.2 Å². The third-order valence-corrected chi connectivity index (χ3v) is 16.9. The van der Waals surface area contributed by atoms with Gasteiger partial charge in [-0.3, -0.25) is 4.79 Å². The molecule has 202 valence electrons. The van der Waals surface area contributed by atoms with Gasteiger partial charge in [-0.25, -0.2) is 0 Å². The van der Waals surface area contributed by atoms with Gasteiger partial charge >= 0.3 is 5.97 Å². The summed E-state index contributed by atoms with van der Waals surface area (Å²) in [6, 6.07) is 24.7. The van der Waals surface area contributed by atoms with Crippen molar-refractivity contribution >= 4 is 33.0 Å². The van der Waals surface area contributed by atoms with E-state index < -0.39 is 16.6 Å². The number of carbonyl (C=O) groups is 1. The second-order valence-corrected chi connectivity index (χ2v) is 19.5. The van der Waals surface area contributed by atoms with E-state index in [1.807, 2.05) is 18.2 Å². The van der Waals surface area contributed by atoms with Crippen LogP contribution in [0.15, 0.2) is 85.0 Å². The van der Waals surface area contributed by atoms with E-state index in [-0.39, 0.29) is 23.7 Å². The van der Waals surface area contributed by atoms with E-state index in [1.54, 1.807) is 0 Å². The molecule has 0 aromatic heterocycles. The molecule has 1 atom stereocenters. The van der Waals surface area contributed by atoms with Crippen LogP contribution in [0.25, 0.3) is 0 Å². The molecule has 0 N–H and O–H groups in total. The van der Waals surface area contributed by atoms with Crippen molar-refractivity contribution in [2.24, 2.45) is 0 Å². The smallest absolute Gasteiger partial charge is 0.302 e. The second-order valence-electron chi connectivity index (χ2n) is 10.5. The summed E-state index contributed by atoms with van der Waals surface area (Å²) in [6.45, 7) is 15.9. The normalized spacial score (nSPS) is 13.8. The first-order chi connectivity index (χ1) is 17.6. The Morgan fingerprint density at radius 3 is 1.81 bits per heavy atom. The lowest BCUT2D eigenvalue weighted by molar-refractivity contribution is -0.139. The highest BCUT2D eigenvalue weighted by atomic mass is 28.4. The summed E-state index contributed by atoms with van der Waals surface area (Å²) in [4.78, 5) is 11.1. The summed E-state index contributed by atoms with van der Waals surface area (Å²) >= 11 is 0. The number of benzene rings is 2. The van der Waals surface area contributed by atoms with Crippen molar-refractivity contribution in [3.8, 4) is 0 Å². The predicted octanol–water partition coefficient (Wildman–Crippen LogP) is 6.63. The first kappa shape index (κ1) is 31.0. The number of hydrogen-bond acceptors (Lipinski definition) is 4. The van der Waals surface area contributed by atoms with Crippen molar-refractivity contribution in [3.05, 3.63) is 85.0 Å². The Labute approximate surface area is 227 Å². The number of carbonyl (C=O) groups excluding carboxylic acids is 1. The number of allylic oxidation sites excluding steroid dienone is 2. The van der Waals surface area contributed by atoms with Crippen LogP contribution < -0.4 is 10.4 Å². The first-order valence-corrected chi connectivity index (χ1v) is 18.0. The van der Waals surface area contributed by atoms with E-state index in [1.165, 1.54) is 17.3 Å². The third kappa shape index (κ3) is 8.37. The molecule has 0 saturated carbocycles. The lowest BCUT2D eigenvalue weighted by atomic mass is 10.2. The Bertz CT molecular complexity index is 945. The van der Waals surface area contributed by atoms with Gasteiger partial charge in [0.25, 0.3) is 8.32 Å². The average molecular weight is 539 g/mol. The summed E-state index contributed by atoms with van der Waals surface area (Å²) in [5.41, 5.74) is 0. The highest BCUT2D eigenvalue weighted by Gasteiger charge is 2.51. The maximum atomic E-state index is 11.1. The van der Waals surface area contributed by atoms with Crippen molar-refractivity contribution in [2.75, 3.05) is 13.2 Å². The summed E-state index contributed by atoms with van der Waals surface area (Å²) < 4.78 is 19.2. The van der Waals surface area contributed by atoms with E-state index in [2.05, 4.69) is 108 Å². The molecule has 0 radical (unpaired) electrons. The molecule has 0 heterocycles. The fourth-order valence-corrected chi connectivity index (χ4v) is 12.1. The van der Waals surface area contributed by atoms with Gasteiger partial charge in [0, 0.05) is 6.92 Å². The Balaban J connectivity index is 2.53. The summed E-state index contributed by atoms with van der Waals surface area (Å²) in [7, 11) is -4.55. The third-order valence-electron chi connectivity index (χ3n) is 7.19. The number of esters is 1. The van der Waals surface area contributed by atoms with Crippen LogP contribution in [0.4, 0.5) is 0 Å². The predicted molar refractivity (Wildman–Crippen MR) is 161 cm³/mol. The van der Waals surface area contributed by atoms with Crippen molar-refractivity contribution < 1.29 is 18.4 Å². The molecule has 0 saturated heterocycles. The van der Waals surface area contributed by atoms with Crippen molar-refractivity contribution in [1.82, 2.24) is 0 Å². The van der Waals surface area contributed by atoms with Crippen LogP contribution in [0.3, 0.4) is 0 Å². The Kier molecular flexibility index (Phi) is 12.2. The Morgan fingerprint density at radius 2 is 1.38 bits per heavy atom. The maximum Gasteiger partial charge on any atom is 0.302 e. The van der Waals surface area contributed by atoms with E-state index >= 15 is 0 Å². The van der Waals surface area contributed by atoms with Gasteiger partial charge in [-0.1, -0.05) is 120 Å². The fraction of sp³-hybridized carbons (Fsp3) is 0.452. The number of ether oxygens (including phenoxy) is 1. The highest BCUT2D eigenvalue weighted by molar-refractivity contribution is 6.99. The standard InChI is InChI=1S/C31H46O4Si2/c1-8-36(9-2,10-3)34-26-28(20-14-13-19-25-33-27(4)32)35-37(31(5,6)7,29-21-15-11-16-22-29)30-23-17-12-18-24-30/h11-24,28H,8-10,25-26H2,1-7H3/b19-13+,20-14+/t28-/m0/s1. The van der Waals surface area contributed by atoms with E-state index in [9.17, 15) is 4.79 Å². The summed E-state index contributed by atoms with van der Waals surface area (Å²) in [5, 5.41) is 2.38. The molecule has 37 heavy (non-hydrogen) atoms. The van der Waals surface area contributed by atoms with Crippen LogP contribution in [-0.4, -0.2) is 41.9 Å². The van der Waals surface area contributed by atoms with Crippen molar-refractivity contribution in [3.63, 3.8) is 0 Å². The lowest BCUT2D eigenvalue weighted by Crippen LogP contribution is -2.68. The lowest BCUT2D eigenvalue weighted by Gasteiger charge is -2.45. The molecular weight excluding hydrogens is 493 g/mol. The van der Waals surface area contributed by atoms with Crippen LogP contribution in [-0.2, 0) is 18.4 Å². The summed E-state index contributed by atoms with van der Waals surface area (Å²) in [5.74, 6) is -0.282. The SMILES string of the molecule is CC[Si](CC)(CC)OC[C@H](/C=C/C=C/COC(C)=O)O[Si](c1ccccc1)(c1ccccc1)C(C)(C)C. The molecule has 0 aliphatic carbocycles. The van der Waals surface area contributed by atoms with Gasteiger partial charge in [0.15, 0.2) is 8.32 Å². The monoisotopic (exact) mass is 538 g/mol. The van der Waals surface area contributed by atoms with Crippen molar-refractivity contribution in [1.29, 1.82) is 0 Å². The largest absolute Gasteiger partial charge is 0.462 e. The fourth-order valence-electron chi connectivity index (χ4n) is 4.85. The van der Waals surface area contributed by atoms with E-state index in [4.69, 9.17) is 13.6 Å². The molecule has 6 heteroatoms. The van der Waals surface area contributed by atoms with Crippen LogP contribution >= 0.6 is 0 Å². The average Bonchev–Trinajstić information content (AvgIpc) is 2.89. The first-order valence-electron chi connectivity index (χ1n) is 13.5. The zero-order valence-corrected chi connectivity index (χ0v) is 25.8. The molecule has 2 rings (SSSR count). The van der Waals surface area contributed by atoms with Gasteiger partial charge < -0.3 is 13.6 Å². The number of hydrogen-bond donors (Lipinski definition) is 0. The molecule has 0 spiro atoms. The Morgan fingerprint density at radius 1 is 0.865 bits per heavy atom. The zero-order valence-electron chi connectivity index (χ0n) is 23.8. The minimum atomic E-state index is -2.74. The molecule has 4 nitrogen and oxygen atoms in total. The molecule has 2 aromatic rings. The van der Waals surface area contributed by atoms with Gasteiger partial charge in [-0.2, -0.15) is 0 Å². The minimum Gasteiger partial charge on any atom is -0.462 e. The molecule has 0 amide bonds. The maximum absolute atomic E-state index is 11.1. The molecule has 0 fully saturated rings. The molecule has 0 aliphatic heterocycles. The van der Waals surface area contributed by atoms with Gasteiger partial charge in [-0.15, -0.1) is 0 Å². The van der Waals surface area contributed by atoms with Gasteiger partial charge in [0.2, 0.25) is 0 Å². The minimum absolute atomic E-state index is 0.123. The summed E-state index contributed by atoms with van der Waals surface area (Å²) in [6.07, 6.45) is 7.62. The molecule has 0 unspecified atom stereocenters. The topological polar surface area (TPSA) is 44.8 Å². The highest BCUT2D eigenvalue weighted by Crippen LogP contribution is 2.38. The van der Waals surface area contributed by atoms with Gasteiger partial charge in [-0.05, 0) is 39.6 Å². The Hall–Kier alpha value is -2.26. The van der Waals surface area contributed by atoms with Crippen LogP contribution in [0.5, 0.6) is 0 Å².